The highest BCUT2D eigenvalue weighted by atomic mass is 79.9. The lowest BCUT2D eigenvalue weighted by atomic mass is 9.85. The van der Waals surface area contributed by atoms with Crippen LogP contribution in [0, 0.1) is 5.92 Å². The largest absolute Gasteiger partial charge is 0.490 e. The maximum Gasteiger partial charge on any atom is 0.262 e. The lowest BCUT2D eigenvalue weighted by Crippen LogP contribution is -2.48. The second kappa shape index (κ2) is 13.5. The monoisotopic (exact) mass is 684 g/mol. The van der Waals surface area contributed by atoms with Gasteiger partial charge < -0.3 is 19.7 Å². The van der Waals surface area contributed by atoms with Gasteiger partial charge >= 0.3 is 0 Å². The van der Waals surface area contributed by atoms with Crippen LogP contribution in [0.15, 0.2) is 80.6 Å². The number of para-hydroxylation sites is 1. The summed E-state index contributed by atoms with van der Waals surface area (Å²) in [4.78, 5) is 16.7. The van der Waals surface area contributed by atoms with Gasteiger partial charge in [0.1, 0.15) is 6.61 Å². The fourth-order valence-electron chi connectivity index (χ4n) is 5.33. The highest BCUT2D eigenvalue weighted by Crippen LogP contribution is 2.44. The van der Waals surface area contributed by atoms with E-state index in [-0.39, 0.29) is 17.4 Å². The standard InChI is InChI=1S/C32H34Br2N2O3S/c1-3-38-28-18-23(17-26(34)30(28)39-20-22-13-15-24(33)16-14-22)19-29-31(37)36(27-12-8-7-9-21(27)2)32(40-29)35-25-10-5-4-6-11-25/h4-6,10-11,13-19,21,27,32,35H,3,7-9,12,20H2,1-2H3/b29-19-/t21-,27-,32?/m0/s1. The van der Waals surface area contributed by atoms with Crippen LogP contribution in [0.5, 0.6) is 11.5 Å². The van der Waals surface area contributed by atoms with E-state index in [4.69, 9.17) is 9.47 Å². The van der Waals surface area contributed by atoms with E-state index >= 15 is 0 Å². The van der Waals surface area contributed by atoms with Crippen molar-refractivity contribution in [2.24, 2.45) is 5.92 Å². The molecular formula is C32H34Br2N2O3S. The minimum absolute atomic E-state index is 0.0850. The lowest BCUT2D eigenvalue weighted by Gasteiger charge is -2.39. The number of hydrogen-bond donors (Lipinski definition) is 1. The first kappa shape index (κ1) is 29.1. The van der Waals surface area contributed by atoms with Crippen LogP contribution in [0.3, 0.4) is 0 Å². The number of carbonyl (C=O) groups is 1. The van der Waals surface area contributed by atoms with Gasteiger partial charge in [-0.05, 0) is 95.2 Å². The number of anilines is 1. The van der Waals surface area contributed by atoms with Gasteiger partial charge in [0.25, 0.3) is 5.91 Å². The molecule has 1 aliphatic heterocycles. The van der Waals surface area contributed by atoms with Crippen molar-refractivity contribution in [2.45, 2.75) is 57.7 Å². The molecule has 5 rings (SSSR count). The molecule has 1 amide bonds. The van der Waals surface area contributed by atoms with E-state index in [0.29, 0.717) is 30.6 Å². The average Bonchev–Trinajstić information content (AvgIpc) is 3.24. The van der Waals surface area contributed by atoms with Gasteiger partial charge in [-0.3, -0.25) is 4.79 Å². The van der Waals surface area contributed by atoms with Crippen LogP contribution in [0.2, 0.25) is 0 Å². The third-order valence-electron chi connectivity index (χ3n) is 7.35. The van der Waals surface area contributed by atoms with E-state index < -0.39 is 0 Å². The Balaban J connectivity index is 1.42. The molecule has 3 atom stereocenters. The normalized spacial score (nSPS) is 22.0. The summed E-state index contributed by atoms with van der Waals surface area (Å²) in [6.45, 7) is 5.16. The predicted octanol–water partition coefficient (Wildman–Crippen LogP) is 9.08. The molecule has 1 aliphatic carbocycles. The molecule has 3 aromatic carbocycles. The van der Waals surface area contributed by atoms with E-state index in [9.17, 15) is 4.79 Å². The second-order valence-electron chi connectivity index (χ2n) is 10.2. The van der Waals surface area contributed by atoms with Crippen molar-refractivity contribution in [1.82, 2.24) is 4.90 Å². The molecule has 8 heteroatoms. The van der Waals surface area contributed by atoms with Crippen LogP contribution in [0.1, 0.15) is 50.7 Å². The molecule has 3 aromatic rings. The summed E-state index contributed by atoms with van der Waals surface area (Å²) in [5, 5.41) is 3.61. The molecule has 0 spiro atoms. The molecule has 0 radical (unpaired) electrons. The number of hydrogen-bond acceptors (Lipinski definition) is 5. The summed E-state index contributed by atoms with van der Waals surface area (Å²) < 4.78 is 14.0. The van der Waals surface area contributed by atoms with Crippen molar-refractivity contribution in [3.05, 3.63) is 91.7 Å². The highest BCUT2D eigenvalue weighted by molar-refractivity contribution is 9.10. The Hall–Kier alpha value is -2.42. The van der Waals surface area contributed by atoms with Gasteiger partial charge in [0.05, 0.1) is 16.0 Å². The topological polar surface area (TPSA) is 50.8 Å². The molecule has 1 heterocycles. The molecule has 0 aromatic heterocycles. The zero-order valence-electron chi connectivity index (χ0n) is 22.7. The van der Waals surface area contributed by atoms with Gasteiger partial charge in [0, 0.05) is 16.2 Å². The van der Waals surface area contributed by atoms with Crippen molar-refractivity contribution < 1.29 is 14.3 Å². The number of nitrogens with zero attached hydrogens (tertiary/aromatic N) is 1. The smallest absolute Gasteiger partial charge is 0.262 e. The first-order chi connectivity index (χ1) is 19.4. The van der Waals surface area contributed by atoms with E-state index in [1.807, 2.05) is 79.7 Å². The molecule has 40 heavy (non-hydrogen) atoms. The van der Waals surface area contributed by atoms with Crippen molar-refractivity contribution in [1.29, 1.82) is 0 Å². The van der Waals surface area contributed by atoms with Crippen molar-refractivity contribution in [2.75, 3.05) is 11.9 Å². The molecule has 1 N–H and O–H groups in total. The van der Waals surface area contributed by atoms with Gasteiger partial charge in [-0.1, -0.05) is 77.8 Å². The van der Waals surface area contributed by atoms with Crippen LogP contribution in [0.25, 0.3) is 6.08 Å². The minimum Gasteiger partial charge on any atom is -0.490 e. The second-order valence-corrected chi connectivity index (χ2v) is 13.1. The maximum atomic E-state index is 13.9. The molecule has 1 unspecified atom stereocenters. The number of amides is 1. The Bertz CT molecular complexity index is 1350. The summed E-state index contributed by atoms with van der Waals surface area (Å²) in [7, 11) is 0. The molecule has 5 nitrogen and oxygen atoms in total. The zero-order valence-corrected chi connectivity index (χ0v) is 26.7. The van der Waals surface area contributed by atoms with E-state index in [0.717, 1.165) is 49.9 Å². The van der Waals surface area contributed by atoms with Crippen molar-refractivity contribution in [3.63, 3.8) is 0 Å². The summed E-state index contributed by atoms with van der Waals surface area (Å²) in [5.41, 5.74) is 2.80. The first-order valence-electron chi connectivity index (χ1n) is 13.8. The lowest BCUT2D eigenvalue weighted by molar-refractivity contribution is -0.129. The van der Waals surface area contributed by atoms with E-state index in [1.54, 1.807) is 11.8 Å². The molecule has 2 fully saturated rings. The van der Waals surface area contributed by atoms with Crippen molar-refractivity contribution >= 4 is 61.3 Å². The summed E-state index contributed by atoms with van der Waals surface area (Å²) >= 11 is 8.76. The SMILES string of the molecule is CCOc1cc(/C=C2\SC(Nc3ccccc3)N([C@H]3CCCC[C@@H]3C)C2=O)cc(Br)c1OCc1ccc(Br)cc1. The summed E-state index contributed by atoms with van der Waals surface area (Å²) in [6, 6.07) is 22.4. The fourth-order valence-corrected chi connectivity index (χ4v) is 7.38. The molecule has 1 saturated carbocycles. The quantitative estimate of drug-likeness (QED) is 0.228. The number of carbonyl (C=O) groups excluding carboxylic acids is 1. The number of ether oxygens (including phenoxy) is 2. The molecule has 2 aliphatic rings. The van der Waals surface area contributed by atoms with Crippen LogP contribution >= 0.6 is 43.6 Å². The summed E-state index contributed by atoms with van der Waals surface area (Å²) in [5.74, 6) is 1.85. The third-order valence-corrected chi connectivity index (χ3v) is 9.58. The summed E-state index contributed by atoms with van der Waals surface area (Å²) in [6.07, 6.45) is 6.57. The Morgan fingerprint density at radius 1 is 1.02 bits per heavy atom. The maximum absolute atomic E-state index is 13.9. The number of rotatable bonds is 9. The number of nitrogens with one attached hydrogen (secondary N) is 1. The Morgan fingerprint density at radius 2 is 1.77 bits per heavy atom. The Labute approximate surface area is 258 Å². The highest BCUT2D eigenvalue weighted by Gasteiger charge is 2.43. The average molecular weight is 687 g/mol. The Morgan fingerprint density at radius 3 is 2.50 bits per heavy atom. The van der Waals surface area contributed by atoms with Gasteiger partial charge in [-0.25, -0.2) is 0 Å². The Kier molecular flexibility index (Phi) is 9.81. The minimum atomic E-state index is -0.157. The molecule has 1 saturated heterocycles. The first-order valence-corrected chi connectivity index (χ1v) is 16.3. The molecule has 0 bridgehead atoms. The van der Waals surface area contributed by atoms with Crippen LogP contribution < -0.4 is 14.8 Å². The van der Waals surface area contributed by atoms with E-state index in [2.05, 4.69) is 49.0 Å². The molecular weight excluding hydrogens is 652 g/mol. The van der Waals surface area contributed by atoms with E-state index in [1.165, 1.54) is 6.42 Å². The van der Waals surface area contributed by atoms with Crippen LogP contribution in [-0.4, -0.2) is 29.0 Å². The number of thioether (sulfide) groups is 1. The van der Waals surface area contributed by atoms with Crippen LogP contribution in [0.4, 0.5) is 5.69 Å². The zero-order chi connectivity index (χ0) is 28.1. The third kappa shape index (κ3) is 6.89. The number of benzene rings is 3. The van der Waals surface area contributed by atoms with Gasteiger partial charge in [0.2, 0.25) is 0 Å². The van der Waals surface area contributed by atoms with Gasteiger partial charge in [-0.2, -0.15) is 0 Å². The van der Waals surface area contributed by atoms with Crippen molar-refractivity contribution in [3.8, 4) is 11.5 Å². The molecule has 210 valence electrons. The predicted molar refractivity (Wildman–Crippen MR) is 171 cm³/mol. The number of halogens is 2. The fraction of sp³-hybridized carbons (Fsp3) is 0.344. The van der Waals surface area contributed by atoms with Gasteiger partial charge in [0.15, 0.2) is 17.0 Å². The van der Waals surface area contributed by atoms with Gasteiger partial charge in [-0.15, -0.1) is 0 Å². The van der Waals surface area contributed by atoms with Crippen LogP contribution in [-0.2, 0) is 11.4 Å².